The van der Waals surface area contributed by atoms with E-state index in [1.807, 2.05) is 26.0 Å². The van der Waals surface area contributed by atoms with Crippen LogP contribution in [-0.4, -0.2) is 63.2 Å². The quantitative estimate of drug-likeness (QED) is 0.0456. The largest absolute Gasteiger partial charge is 0.465 e. The van der Waals surface area contributed by atoms with Gasteiger partial charge in [0, 0.05) is 0 Å². The van der Waals surface area contributed by atoms with E-state index in [4.69, 9.17) is 18.9 Å². The molecule has 5 rings (SSSR count). The van der Waals surface area contributed by atoms with Crippen molar-refractivity contribution in [3.8, 4) is 11.5 Å². The van der Waals surface area contributed by atoms with Crippen molar-refractivity contribution in [1.29, 1.82) is 0 Å². The molecule has 0 saturated heterocycles. The van der Waals surface area contributed by atoms with Gasteiger partial charge in [-0.25, -0.2) is 28.8 Å². The number of esters is 6. The Morgan fingerprint density at radius 2 is 0.724 bits per heavy atom. The zero-order valence-electron chi connectivity index (χ0n) is 32.8. The number of hydrogen-bond acceptors (Lipinski definition) is 12. The Bertz CT molecular complexity index is 1950. The molecule has 0 saturated carbocycles. The lowest BCUT2D eigenvalue weighted by atomic mass is 10.1. The van der Waals surface area contributed by atoms with Gasteiger partial charge in [-0.15, -0.1) is 0 Å². The van der Waals surface area contributed by atoms with E-state index >= 15 is 0 Å². The Morgan fingerprint density at radius 1 is 0.397 bits per heavy atom. The highest BCUT2D eigenvalue weighted by Crippen LogP contribution is 2.16. The van der Waals surface area contributed by atoms with Crippen LogP contribution in [0, 0.1) is 0 Å². The molecule has 0 atom stereocenters. The van der Waals surface area contributed by atoms with Crippen LogP contribution < -0.4 is 9.47 Å². The maximum atomic E-state index is 12.2. The maximum Gasteiger partial charge on any atom is 0.343 e. The smallest absolute Gasteiger partial charge is 0.343 e. The zero-order chi connectivity index (χ0) is 42.1. The van der Waals surface area contributed by atoms with E-state index in [2.05, 4.69) is 9.47 Å². The van der Waals surface area contributed by atoms with Crippen LogP contribution in [-0.2, 0) is 18.9 Å². The molecule has 0 aliphatic carbocycles. The molecule has 5 aromatic carbocycles. The fraction of sp³-hybridized carbons (Fsp3) is 0.217. The summed E-state index contributed by atoms with van der Waals surface area (Å²) in [6.45, 7) is 4.78. The summed E-state index contributed by atoms with van der Waals surface area (Å²) in [5.41, 5.74) is 1.75. The molecule has 0 aliphatic heterocycles. The number of carbonyl (C=O) groups is 6. The van der Waals surface area contributed by atoms with E-state index in [1.54, 1.807) is 109 Å². The first-order valence-corrected chi connectivity index (χ1v) is 18.5. The van der Waals surface area contributed by atoms with Gasteiger partial charge < -0.3 is 28.4 Å². The van der Waals surface area contributed by atoms with Gasteiger partial charge in [0.05, 0.1) is 60.8 Å². The average molecular weight is 791 g/mol. The van der Waals surface area contributed by atoms with Crippen LogP contribution in [0.2, 0.25) is 0 Å². The molecule has 0 spiro atoms. The van der Waals surface area contributed by atoms with Gasteiger partial charge in [0.2, 0.25) is 0 Å². The highest BCUT2D eigenvalue weighted by Gasteiger charge is 2.19. The Balaban J connectivity index is 0.000000241. The lowest BCUT2D eigenvalue weighted by molar-refractivity contribution is 0.0452. The van der Waals surface area contributed by atoms with Gasteiger partial charge in [-0.2, -0.15) is 0 Å². The molecule has 0 heterocycles. The molecular weight excluding hydrogens is 744 g/mol. The molecule has 0 N–H and O–H groups in total. The van der Waals surface area contributed by atoms with Crippen molar-refractivity contribution in [3.63, 3.8) is 0 Å². The molecule has 0 radical (unpaired) electrons. The molecule has 0 aromatic heterocycles. The SMILES string of the molecule is CCCCOC(=O)c1ccccc1C(=O)OCCCC.COC(=O)c1cccc(C(=O)OC)c1.O=C(Oc1ccccc1)c1cccc(C(=O)Oc2ccccc2)c1. The molecule has 12 nitrogen and oxygen atoms in total. The summed E-state index contributed by atoms with van der Waals surface area (Å²) in [5, 5.41) is 0. The molecule has 5 aromatic rings. The monoisotopic (exact) mass is 790 g/mol. The third kappa shape index (κ3) is 15.2. The maximum absolute atomic E-state index is 12.2. The van der Waals surface area contributed by atoms with Gasteiger partial charge in [0.15, 0.2) is 0 Å². The van der Waals surface area contributed by atoms with Gasteiger partial charge >= 0.3 is 35.8 Å². The lowest BCUT2D eigenvalue weighted by Gasteiger charge is -2.09. The van der Waals surface area contributed by atoms with E-state index in [0.29, 0.717) is 35.8 Å². The third-order valence-corrected chi connectivity index (χ3v) is 7.78. The van der Waals surface area contributed by atoms with Crippen molar-refractivity contribution in [3.05, 3.63) is 167 Å². The minimum Gasteiger partial charge on any atom is -0.465 e. The summed E-state index contributed by atoms with van der Waals surface area (Å²) in [7, 11) is 2.57. The van der Waals surface area contributed by atoms with Crippen LogP contribution in [0.5, 0.6) is 11.5 Å². The van der Waals surface area contributed by atoms with Crippen LogP contribution >= 0.6 is 0 Å². The number of para-hydroxylation sites is 2. The molecule has 302 valence electrons. The number of rotatable bonds is 14. The fourth-order valence-corrected chi connectivity index (χ4v) is 4.70. The lowest BCUT2D eigenvalue weighted by Crippen LogP contribution is -2.14. The molecule has 0 fully saturated rings. The summed E-state index contributed by atoms with van der Waals surface area (Å²) in [6, 6.07) is 36.5. The molecule has 0 unspecified atom stereocenters. The summed E-state index contributed by atoms with van der Waals surface area (Å²) >= 11 is 0. The number of unbranched alkanes of at least 4 members (excludes halogenated alkanes) is 2. The first kappa shape index (κ1) is 45.3. The van der Waals surface area contributed by atoms with Gasteiger partial charge in [-0.3, -0.25) is 0 Å². The van der Waals surface area contributed by atoms with Crippen LogP contribution in [0.25, 0.3) is 0 Å². The average Bonchev–Trinajstić information content (AvgIpc) is 3.27. The van der Waals surface area contributed by atoms with Crippen molar-refractivity contribution >= 4 is 35.8 Å². The van der Waals surface area contributed by atoms with Crippen LogP contribution in [0.15, 0.2) is 133 Å². The topological polar surface area (TPSA) is 158 Å². The van der Waals surface area contributed by atoms with E-state index in [9.17, 15) is 28.8 Å². The standard InChI is InChI=1S/C20H14O4.C16H22O4.C10H10O4/c21-19(23-17-10-3-1-4-11-17)15-8-7-9-16(14-15)20(22)24-18-12-5-2-6-13-18;1-3-5-11-19-15(17)13-9-7-8-10-14(13)16(18)20-12-6-4-2;1-13-9(11)7-4-3-5-8(6-7)10(12)14-2/h1-14H;7-10H,3-6,11-12H2,1-2H3;3-6H,1-2H3. The number of ether oxygens (including phenoxy) is 6. The van der Waals surface area contributed by atoms with Crippen LogP contribution in [0.3, 0.4) is 0 Å². The Morgan fingerprint density at radius 3 is 1.05 bits per heavy atom. The van der Waals surface area contributed by atoms with Gasteiger partial charge in [-0.1, -0.05) is 87.4 Å². The van der Waals surface area contributed by atoms with Crippen LogP contribution in [0.4, 0.5) is 0 Å². The van der Waals surface area contributed by atoms with E-state index in [1.165, 1.54) is 26.4 Å². The summed E-state index contributed by atoms with van der Waals surface area (Å²) in [4.78, 5) is 70.4. The van der Waals surface area contributed by atoms with Crippen molar-refractivity contribution in [2.75, 3.05) is 27.4 Å². The zero-order valence-corrected chi connectivity index (χ0v) is 32.8. The Kier molecular flexibility index (Phi) is 19.6. The molecule has 0 aliphatic rings. The number of benzene rings is 5. The summed E-state index contributed by atoms with van der Waals surface area (Å²) < 4.78 is 29.8. The first-order chi connectivity index (χ1) is 28.1. The van der Waals surface area contributed by atoms with Crippen molar-refractivity contribution < 1.29 is 57.2 Å². The molecular formula is C46H46O12. The van der Waals surface area contributed by atoms with Crippen molar-refractivity contribution in [2.24, 2.45) is 0 Å². The minimum absolute atomic E-state index is 0.269. The predicted molar refractivity (Wildman–Crippen MR) is 215 cm³/mol. The van der Waals surface area contributed by atoms with Crippen molar-refractivity contribution in [2.45, 2.75) is 39.5 Å². The van der Waals surface area contributed by atoms with E-state index in [-0.39, 0.29) is 22.3 Å². The molecule has 58 heavy (non-hydrogen) atoms. The summed E-state index contributed by atoms with van der Waals surface area (Å²) in [6.07, 6.45) is 3.53. The number of methoxy groups -OCH3 is 2. The first-order valence-electron chi connectivity index (χ1n) is 18.5. The normalized spacial score (nSPS) is 9.86. The third-order valence-electron chi connectivity index (χ3n) is 7.78. The van der Waals surface area contributed by atoms with Gasteiger partial charge in [0.1, 0.15) is 11.5 Å². The highest BCUT2D eigenvalue weighted by atomic mass is 16.6. The fourth-order valence-electron chi connectivity index (χ4n) is 4.70. The highest BCUT2D eigenvalue weighted by molar-refractivity contribution is 6.03. The number of hydrogen-bond donors (Lipinski definition) is 0. The van der Waals surface area contributed by atoms with E-state index < -0.39 is 35.8 Å². The van der Waals surface area contributed by atoms with Gasteiger partial charge in [-0.05, 0) is 85.6 Å². The predicted octanol–water partition coefficient (Wildman–Crippen LogP) is 8.99. The van der Waals surface area contributed by atoms with Crippen LogP contribution in [0.1, 0.15) is 102 Å². The second-order valence-corrected chi connectivity index (χ2v) is 12.1. The number of carbonyl (C=O) groups excluding carboxylic acids is 6. The van der Waals surface area contributed by atoms with Crippen molar-refractivity contribution in [1.82, 2.24) is 0 Å². The minimum atomic E-state index is -0.532. The molecule has 0 amide bonds. The second-order valence-electron chi connectivity index (χ2n) is 12.1. The van der Waals surface area contributed by atoms with Gasteiger partial charge in [0.25, 0.3) is 0 Å². The second kappa shape index (κ2) is 25.2. The Labute approximate surface area is 337 Å². The Hall–Kier alpha value is -7.08. The molecule has 12 heteroatoms. The summed E-state index contributed by atoms with van der Waals surface area (Å²) in [5.74, 6) is -2.07. The molecule has 0 bridgehead atoms. The van der Waals surface area contributed by atoms with E-state index in [0.717, 1.165) is 25.7 Å².